The zero-order valence-electron chi connectivity index (χ0n) is 10.3. The van der Waals surface area contributed by atoms with Crippen molar-refractivity contribution >= 4 is 16.9 Å². The van der Waals surface area contributed by atoms with Crippen LogP contribution >= 0.6 is 0 Å². The third kappa shape index (κ3) is 1.69. The maximum atomic E-state index is 11.4. The van der Waals surface area contributed by atoms with Crippen molar-refractivity contribution in [1.82, 2.24) is 9.78 Å². The zero-order valence-corrected chi connectivity index (χ0v) is 10.3. The Balaban J connectivity index is 2.77. The number of aromatic nitrogens is 2. The Labute approximate surface area is 99.9 Å². The summed E-state index contributed by atoms with van der Waals surface area (Å²) in [6.07, 6.45) is 1.78. The van der Waals surface area contributed by atoms with E-state index in [1.165, 1.54) is 0 Å². The van der Waals surface area contributed by atoms with Gasteiger partial charge in [0.05, 0.1) is 17.1 Å². The molecule has 0 aliphatic carbocycles. The lowest BCUT2D eigenvalue weighted by Crippen LogP contribution is -2.29. The van der Waals surface area contributed by atoms with Crippen LogP contribution in [0, 0.1) is 0 Å². The first-order valence-electron chi connectivity index (χ1n) is 5.67. The van der Waals surface area contributed by atoms with Crippen LogP contribution in [0.15, 0.2) is 24.4 Å². The van der Waals surface area contributed by atoms with E-state index < -0.39 is 11.4 Å². The highest BCUT2D eigenvalue weighted by atomic mass is 16.4. The topological polar surface area (TPSA) is 55.1 Å². The van der Waals surface area contributed by atoms with Crippen LogP contribution in [0.3, 0.4) is 0 Å². The van der Waals surface area contributed by atoms with Crippen molar-refractivity contribution in [2.24, 2.45) is 0 Å². The Bertz CT molecular complexity index is 570. The molecule has 1 N–H and O–H groups in total. The van der Waals surface area contributed by atoms with Gasteiger partial charge < -0.3 is 5.11 Å². The van der Waals surface area contributed by atoms with Crippen LogP contribution in [0.2, 0.25) is 0 Å². The number of carboxylic acid groups (broad SMARTS) is 1. The number of carbonyl (C=O) groups is 1. The predicted molar refractivity (Wildman–Crippen MR) is 66.1 cm³/mol. The fraction of sp³-hybridized carbons (Fsp3) is 0.385. The second kappa shape index (κ2) is 3.87. The van der Waals surface area contributed by atoms with Crippen LogP contribution in [0.1, 0.15) is 26.3 Å². The van der Waals surface area contributed by atoms with Crippen LogP contribution in [0.5, 0.6) is 0 Å². The molecular weight excluding hydrogens is 216 g/mol. The highest BCUT2D eigenvalue weighted by Gasteiger charge is 2.32. The summed E-state index contributed by atoms with van der Waals surface area (Å²) < 4.78 is 1.84. The van der Waals surface area contributed by atoms with Crippen LogP contribution in [-0.2, 0) is 16.8 Å². The summed E-state index contributed by atoms with van der Waals surface area (Å²) in [7, 11) is 0. The number of rotatable bonds is 3. The van der Waals surface area contributed by atoms with Gasteiger partial charge in [0.25, 0.3) is 0 Å². The Morgan fingerprint density at radius 3 is 2.76 bits per heavy atom. The minimum absolute atomic E-state index is 0.732. The fourth-order valence-electron chi connectivity index (χ4n) is 2.00. The van der Waals surface area contributed by atoms with Gasteiger partial charge in [0.2, 0.25) is 0 Å². The SMILES string of the molecule is CCn1ncc2cccc(C(C)(C)C(=O)O)c21. The maximum absolute atomic E-state index is 11.4. The van der Waals surface area contributed by atoms with E-state index in [1.807, 2.05) is 29.8 Å². The van der Waals surface area contributed by atoms with Gasteiger partial charge in [0, 0.05) is 11.9 Å². The van der Waals surface area contributed by atoms with E-state index in [0.29, 0.717) is 0 Å². The number of hydrogen-bond acceptors (Lipinski definition) is 2. The summed E-state index contributed by atoms with van der Waals surface area (Å²) in [4.78, 5) is 11.4. The second-order valence-electron chi connectivity index (χ2n) is 4.63. The average Bonchev–Trinajstić information content (AvgIpc) is 2.71. The molecule has 90 valence electrons. The monoisotopic (exact) mass is 232 g/mol. The van der Waals surface area contributed by atoms with E-state index >= 15 is 0 Å². The van der Waals surface area contributed by atoms with E-state index in [-0.39, 0.29) is 0 Å². The standard InChI is InChI=1S/C13H16N2O2/c1-4-15-11-9(8-14-15)6-5-7-10(11)13(2,3)12(16)17/h5-8H,4H2,1-3H3,(H,16,17). The van der Waals surface area contributed by atoms with E-state index in [9.17, 15) is 9.90 Å². The van der Waals surface area contributed by atoms with Crippen LogP contribution in [0.4, 0.5) is 0 Å². The molecule has 0 spiro atoms. The first-order valence-corrected chi connectivity index (χ1v) is 5.67. The largest absolute Gasteiger partial charge is 0.481 e. The molecule has 2 aromatic rings. The highest BCUT2D eigenvalue weighted by Crippen LogP contribution is 2.30. The Morgan fingerprint density at radius 1 is 1.47 bits per heavy atom. The first-order chi connectivity index (χ1) is 7.98. The van der Waals surface area contributed by atoms with Crippen molar-refractivity contribution < 1.29 is 9.90 Å². The van der Waals surface area contributed by atoms with Crippen molar-refractivity contribution in [3.8, 4) is 0 Å². The van der Waals surface area contributed by atoms with E-state index in [4.69, 9.17) is 0 Å². The number of hydrogen-bond donors (Lipinski definition) is 1. The molecule has 0 aliphatic heterocycles. The average molecular weight is 232 g/mol. The normalized spacial score (nSPS) is 11.9. The highest BCUT2D eigenvalue weighted by molar-refractivity contribution is 5.90. The van der Waals surface area contributed by atoms with Gasteiger partial charge in [-0.1, -0.05) is 18.2 Å². The quantitative estimate of drug-likeness (QED) is 0.884. The summed E-state index contributed by atoms with van der Waals surface area (Å²) in [6, 6.07) is 5.70. The third-order valence-electron chi connectivity index (χ3n) is 3.17. The van der Waals surface area contributed by atoms with Crippen molar-refractivity contribution in [1.29, 1.82) is 0 Å². The van der Waals surface area contributed by atoms with Crippen molar-refractivity contribution in [3.63, 3.8) is 0 Å². The third-order valence-corrected chi connectivity index (χ3v) is 3.17. The molecule has 0 fully saturated rings. The first kappa shape index (κ1) is 11.6. The molecule has 17 heavy (non-hydrogen) atoms. The van der Waals surface area contributed by atoms with Crippen molar-refractivity contribution in [2.75, 3.05) is 0 Å². The number of fused-ring (bicyclic) bond motifs is 1. The number of para-hydroxylation sites is 1. The van der Waals surface area contributed by atoms with Gasteiger partial charge in [-0.3, -0.25) is 9.48 Å². The lowest BCUT2D eigenvalue weighted by molar-refractivity contribution is -0.142. The molecule has 4 heteroatoms. The van der Waals surface area contributed by atoms with Gasteiger partial charge in [-0.25, -0.2) is 0 Å². The minimum atomic E-state index is -0.910. The number of benzene rings is 1. The molecule has 0 radical (unpaired) electrons. The lowest BCUT2D eigenvalue weighted by Gasteiger charge is -2.21. The summed E-state index contributed by atoms with van der Waals surface area (Å²) in [5.74, 6) is -0.825. The molecule has 1 heterocycles. The minimum Gasteiger partial charge on any atom is -0.481 e. The van der Waals surface area contributed by atoms with Crippen LogP contribution < -0.4 is 0 Å². The molecule has 0 saturated carbocycles. The van der Waals surface area contributed by atoms with Gasteiger partial charge >= 0.3 is 5.97 Å². The summed E-state index contributed by atoms with van der Waals surface area (Å²) in [6.45, 7) is 6.17. The molecule has 0 unspecified atom stereocenters. The molecule has 0 bridgehead atoms. The summed E-state index contributed by atoms with van der Waals surface area (Å²) in [5, 5.41) is 14.6. The Morgan fingerprint density at radius 2 is 2.18 bits per heavy atom. The van der Waals surface area contributed by atoms with Gasteiger partial charge in [-0.15, -0.1) is 0 Å². The van der Waals surface area contributed by atoms with Crippen molar-refractivity contribution in [2.45, 2.75) is 32.7 Å². The van der Waals surface area contributed by atoms with Crippen LogP contribution in [-0.4, -0.2) is 20.9 Å². The molecule has 0 saturated heterocycles. The number of aliphatic carboxylic acids is 1. The van der Waals surface area contributed by atoms with Crippen LogP contribution in [0.25, 0.3) is 10.9 Å². The summed E-state index contributed by atoms with van der Waals surface area (Å²) in [5.41, 5.74) is 0.816. The second-order valence-corrected chi connectivity index (χ2v) is 4.63. The molecule has 0 atom stereocenters. The Hall–Kier alpha value is -1.84. The van der Waals surface area contributed by atoms with Gasteiger partial charge in [-0.2, -0.15) is 5.10 Å². The van der Waals surface area contributed by atoms with Gasteiger partial charge in [-0.05, 0) is 26.3 Å². The fourth-order valence-corrected chi connectivity index (χ4v) is 2.00. The van der Waals surface area contributed by atoms with E-state index in [1.54, 1.807) is 20.0 Å². The number of aryl methyl sites for hydroxylation is 1. The lowest BCUT2D eigenvalue weighted by atomic mass is 9.83. The maximum Gasteiger partial charge on any atom is 0.313 e. The number of carboxylic acids is 1. The molecule has 0 aliphatic rings. The molecule has 2 rings (SSSR count). The Kier molecular flexibility index (Phi) is 2.65. The van der Waals surface area contributed by atoms with Gasteiger partial charge in [0.15, 0.2) is 0 Å². The number of nitrogens with zero attached hydrogens (tertiary/aromatic N) is 2. The smallest absolute Gasteiger partial charge is 0.313 e. The molecule has 4 nitrogen and oxygen atoms in total. The summed E-state index contributed by atoms with van der Waals surface area (Å²) >= 11 is 0. The van der Waals surface area contributed by atoms with E-state index in [2.05, 4.69) is 5.10 Å². The van der Waals surface area contributed by atoms with Crippen molar-refractivity contribution in [3.05, 3.63) is 30.0 Å². The predicted octanol–water partition coefficient (Wildman–Crippen LogP) is 2.42. The van der Waals surface area contributed by atoms with E-state index in [0.717, 1.165) is 23.0 Å². The molecule has 1 aromatic carbocycles. The van der Waals surface area contributed by atoms with Gasteiger partial charge in [0.1, 0.15) is 0 Å². The molecule has 1 aromatic heterocycles. The zero-order chi connectivity index (χ0) is 12.6. The molecular formula is C13H16N2O2. The molecule has 0 amide bonds.